The highest BCUT2D eigenvalue weighted by atomic mass is 35.5. The molecule has 0 aliphatic rings. The topological polar surface area (TPSA) is 38.0 Å². The molecule has 0 radical (unpaired) electrons. The van der Waals surface area contributed by atoms with Crippen molar-refractivity contribution in [1.29, 1.82) is 0 Å². The Morgan fingerprint density at radius 3 is 2.53 bits per heavy atom. The first-order chi connectivity index (χ1) is 9.22. The van der Waals surface area contributed by atoms with Gasteiger partial charge in [0.2, 0.25) is 0 Å². The largest absolute Gasteiger partial charge is 0.271 e. The summed E-state index contributed by atoms with van der Waals surface area (Å²) in [5.41, 5.74) is 6.61. The first-order valence-corrected chi connectivity index (χ1v) is 6.90. The molecule has 0 bridgehead atoms. The van der Waals surface area contributed by atoms with Crippen molar-refractivity contribution in [3.05, 3.63) is 70.2 Å². The second kappa shape index (κ2) is 6.71. The number of hydrogen-bond acceptors (Lipinski definition) is 2. The van der Waals surface area contributed by atoms with Gasteiger partial charge in [0.1, 0.15) is 0 Å². The van der Waals surface area contributed by atoms with Crippen molar-refractivity contribution in [2.75, 3.05) is 0 Å². The fraction of sp³-hybridized carbons (Fsp3) is 0.250. The van der Waals surface area contributed by atoms with E-state index < -0.39 is 0 Å². The molecule has 0 amide bonds. The van der Waals surface area contributed by atoms with Crippen LogP contribution in [0.2, 0.25) is 5.02 Å². The second-order valence-electron chi connectivity index (χ2n) is 4.65. The molecule has 2 nitrogen and oxygen atoms in total. The van der Waals surface area contributed by atoms with Crippen molar-refractivity contribution >= 4 is 11.6 Å². The van der Waals surface area contributed by atoms with Crippen LogP contribution in [-0.4, -0.2) is 0 Å². The lowest BCUT2D eigenvalue weighted by Crippen LogP contribution is -2.29. The van der Waals surface area contributed by atoms with Gasteiger partial charge in [-0.3, -0.25) is 11.3 Å². The zero-order chi connectivity index (χ0) is 13.7. The zero-order valence-corrected chi connectivity index (χ0v) is 11.8. The molecule has 3 N–H and O–H groups in total. The Hall–Kier alpha value is -1.35. The molecule has 0 saturated carbocycles. The minimum atomic E-state index is 0.102. The van der Waals surface area contributed by atoms with Gasteiger partial charge in [-0.15, -0.1) is 0 Å². The molecule has 2 rings (SSSR count). The molecule has 0 fully saturated rings. The highest BCUT2D eigenvalue weighted by Crippen LogP contribution is 2.21. The molecule has 0 spiro atoms. The maximum atomic E-state index is 6.01. The average molecular weight is 275 g/mol. The van der Waals surface area contributed by atoms with Crippen LogP contribution in [0, 0.1) is 0 Å². The Morgan fingerprint density at radius 2 is 1.84 bits per heavy atom. The van der Waals surface area contributed by atoms with Crippen molar-refractivity contribution in [1.82, 2.24) is 5.43 Å². The minimum absolute atomic E-state index is 0.102. The predicted molar refractivity (Wildman–Crippen MR) is 81.0 cm³/mol. The highest BCUT2D eigenvalue weighted by molar-refractivity contribution is 6.30. The van der Waals surface area contributed by atoms with Crippen molar-refractivity contribution in [3.63, 3.8) is 0 Å². The summed E-state index contributed by atoms with van der Waals surface area (Å²) in [5.74, 6) is 5.70. The molecule has 0 heterocycles. The lowest BCUT2D eigenvalue weighted by atomic mass is 9.97. The third-order valence-corrected chi connectivity index (χ3v) is 3.53. The van der Waals surface area contributed by atoms with E-state index in [0.29, 0.717) is 0 Å². The first-order valence-electron chi connectivity index (χ1n) is 6.52. The van der Waals surface area contributed by atoms with Gasteiger partial charge in [-0.05, 0) is 41.7 Å². The van der Waals surface area contributed by atoms with Crippen molar-refractivity contribution in [3.8, 4) is 0 Å². The fourth-order valence-corrected chi connectivity index (χ4v) is 2.42. The van der Waals surface area contributed by atoms with Crippen LogP contribution in [-0.2, 0) is 12.8 Å². The summed E-state index contributed by atoms with van der Waals surface area (Å²) in [6, 6.07) is 16.5. The second-order valence-corrected chi connectivity index (χ2v) is 5.09. The first kappa shape index (κ1) is 14.1. The van der Waals surface area contributed by atoms with Crippen LogP contribution in [0.3, 0.4) is 0 Å². The molecule has 19 heavy (non-hydrogen) atoms. The molecular formula is C16H19ClN2. The van der Waals surface area contributed by atoms with Crippen LogP contribution in [0.5, 0.6) is 0 Å². The van der Waals surface area contributed by atoms with Crippen LogP contribution < -0.4 is 11.3 Å². The molecule has 1 atom stereocenters. The van der Waals surface area contributed by atoms with Gasteiger partial charge in [-0.25, -0.2) is 0 Å². The molecule has 0 aliphatic carbocycles. The summed E-state index contributed by atoms with van der Waals surface area (Å²) in [7, 11) is 0. The third-order valence-electron chi connectivity index (χ3n) is 3.29. The van der Waals surface area contributed by atoms with Crippen molar-refractivity contribution in [2.45, 2.75) is 25.8 Å². The maximum Gasteiger partial charge on any atom is 0.0500 e. The van der Waals surface area contributed by atoms with E-state index in [1.807, 2.05) is 18.2 Å². The Morgan fingerprint density at radius 1 is 1.11 bits per heavy atom. The molecule has 1 unspecified atom stereocenters. The van der Waals surface area contributed by atoms with E-state index in [1.54, 1.807) is 0 Å². The van der Waals surface area contributed by atoms with Crippen LogP contribution >= 0.6 is 11.6 Å². The summed E-state index contributed by atoms with van der Waals surface area (Å²) >= 11 is 6.01. The summed E-state index contributed by atoms with van der Waals surface area (Å²) in [4.78, 5) is 0. The normalized spacial score (nSPS) is 12.4. The van der Waals surface area contributed by atoms with Gasteiger partial charge in [0.25, 0.3) is 0 Å². The SMILES string of the molecule is CCc1cccc(C(Cc2cccc(Cl)c2)NN)c1. The molecule has 100 valence electrons. The molecular weight excluding hydrogens is 256 g/mol. The molecule has 3 heteroatoms. The van der Waals surface area contributed by atoms with E-state index in [2.05, 4.69) is 42.7 Å². The number of nitrogens with two attached hydrogens (primary N) is 1. The van der Waals surface area contributed by atoms with Crippen LogP contribution in [0.25, 0.3) is 0 Å². The number of halogens is 1. The number of hydrogen-bond donors (Lipinski definition) is 2. The number of nitrogens with one attached hydrogen (secondary N) is 1. The number of benzene rings is 2. The van der Waals surface area contributed by atoms with E-state index in [9.17, 15) is 0 Å². The van der Waals surface area contributed by atoms with Gasteiger partial charge in [0.15, 0.2) is 0 Å². The highest BCUT2D eigenvalue weighted by Gasteiger charge is 2.11. The standard InChI is InChI=1S/C16H19ClN2/c1-2-12-5-3-7-14(9-12)16(19-18)11-13-6-4-8-15(17)10-13/h3-10,16,19H,2,11,18H2,1H3. The molecule has 2 aromatic carbocycles. The number of aryl methyl sites for hydroxylation is 1. The van der Waals surface area contributed by atoms with Gasteiger partial charge >= 0.3 is 0 Å². The van der Waals surface area contributed by atoms with Gasteiger partial charge in [-0.1, -0.05) is 54.9 Å². The number of rotatable bonds is 5. The van der Waals surface area contributed by atoms with E-state index in [1.165, 1.54) is 16.7 Å². The Bertz CT molecular complexity index is 540. The Balaban J connectivity index is 2.19. The average Bonchev–Trinajstić information content (AvgIpc) is 2.45. The van der Waals surface area contributed by atoms with E-state index >= 15 is 0 Å². The van der Waals surface area contributed by atoms with Crippen LogP contribution in [0.4, 0.5) is 0 Å². The summed E-state index contributed by atoms with van der Waals surface area (Å²) in [6.07, 6.45) is 1.85. The van der Waals surface area contributed by atoms with Crippen LogP contribution in [0.1, 0.15) is 29.7 Å². The number of hydrazine groups is 1. The van der Waals surface area contributed by atoms with Crippen LogP contribution in [0.15, 0.2) is 48.5 Å². The lowest BCUT2D eigenvalue weighted by molar-refractivity contribution is 0.551. The molecule has 0 aliphatic heterocycles. The van der Waals surface area contributed by atoms with E-state index in [4.69, 9.17) is 17.4 Å². The maximum absolute atomic E-state index is 6.01. The molecule has 2 aromatic rings. The summed E-state index contributed by atoms with van der Waals surface area (Å²) < 4.78 is 0. The monoisotopic (exact) mass is 274 g/mol. The smallest absolute Gasteiger partial charge is 0.0500 e. The van der Waals surface area contributed by atoms with Gasteiger partial charge in [0.05, 0.1) is 0 Å². The quantitative estimate of drug-likeness (QED) is 0.645. The van der Waals surface area contributed by atoms with E-state index in [-0.39, 0.29) is 6.04 Å². The summed E-state index contributed by atoms with van der Waals surface area (Å²) in [6.45, 7) is 2.15. The predicted octanol–water partition coefficient (Wildman–Crippen LogP) is 3.65. The zero-order valence-electron chi connectivity index (χ0n) is 11.1. The Labute approximate surface area is 119 Å². The lowest BCUT2D eigenvalue weighted by Gasteiger charge is -2.17. The molecule has 0 aromatic heterocycles. The van der Waals surface area contributed by atoms with E-state index in [0.717, 1.165) is 17.9 Å². The van der Waals surface area contributed by atoms with Gasteiger partial charge < -0.3 is 0 Å². The van der Waals surface area contributed by atoms with Gasteiger partial charge in [-0.2, -0.15) is 0 Å². The van der Waals surface area contributed by atoms with Gasteiger partial charge in [0, 0.05) is 11.1 Å². The Kier molecular flexibility index (Phi) is 4.97. The minimum Gasteiger partial charge on any atom is -0.271 e. The fourth-order valence-electron chi connectivity index (χ4n) is 2.20. The van der Waals surface area contributed by atoms with Crippen molar-refractivity contribution < 1.29 is 0 Å². The third kappa shape index (κ3) is 3.80. The molecule has 0 saturated heterocycles. The van der Waals surface area contributed by atoms with Crippen molar-refractivity contribution in [2.24, 2.45) is 5.84 Å². The summed E-state index contributed by atoms with van der Waals surface area (Å²) in [5, 5.41) is 0.760.